The zero-order valence-corrected chi connectivity index (χ0v) is 8.95. The summed E-state index contributed by atoms with van der Waals surface area (Å²) < 4.78 is 0. The number of hydrogen-bond acceptors (Lipinski definition) is 3. The molecule has 3 heteroatoms. The Labute approximate surface area is 86.3 Å². The molecule has 0 aromatic rings. The molecule has 1 N–H and O–H groups in total. The fraction of sp³-hybridized carbons (Fsp3) is 0.909. The molecule has 2 unspecified atom stereocenters. The van der Waals surface area contributed by atoms with Crippen LogP contribution in [0.5, 0.6) is 0 Å². The highest BCUT2D eigenvalue weighted by Gasteiger charge is 2.29. The molecule has 1 fully saturated rings. The normalized spacial score (nSPS) is 27.8. The predicted octanol–water partition coefficient (Wildman–Crippen LogP) is 1.38. The van der Waals surface area contributed by atoms with E-state index >= 15 is 0 Å². The number of aliphatic hydroxyl groups excluding tert-OH is 1. The molecule has 0 spiro atoms. The van der Waals surface area contributed by atoms with Crippen LogP contribution in [0.1, 0.15) is 32.6 Å². The summed E-state index contributed by atoms with van der Waals surface area (Å²) in [7, 11) is 0. The smallest absolute Gasteiger partial charge is 0.0621 e. The van der Waals surface area contributed by atoms with Gasteiger partial charge in [-0.25, -0.2) is 0 Å². The van der Waals surface area contributed by atoms with E-state index in [0.29, 0.717) is 18.4 Å². The fourth-order valence-electron chi connectivity index (χ4n) is 2.18. The second-order valence-corrected chi connectivity index (χ2v) is 4.17. The van der Waals surface area contributed by atoms with Crippen molar-refractivity contribution in [2.75, 3.05) is 19.7 Å². The first kappa shape index (κ1) is 11.5. The Bertz CT molecular complexity index is 200. The molecule has 2 atom stereocenters. The number of unbranched alkanes of at least 4 members (excludes halogenated alkanes) is 2. The summed E-state index contributed by atoms with van der Waals surface area (Å²) >= 11 is 0. The van der Waals surface area contributed by atoms with Gasteiger partial charge < -0.3 is 5.11 Å². The van der Waals surface area contributed by atoms with Crippen LogP contribution in [0.2, 0.25) is 0 Å². The van der Waals surface area contributed by atoms with Crippen molar-refractivity contribution < 1.29 is 5.11 Å². The molecule has 14 heavy (non-hydrogen) atoms. The molecule has 1 aliphatic rings. The van der Waals surface area contributed by atoms with Crippen LogP contribution in [-0.4, -0.2) is 35.7 Å². The van der Waals surface area contributed by atoms with Crippen LogP contribution in [0.4, 0.5) is 0 Å². The van der Waals surface area contributed by atoms with Crippen LogP contribution in [0.25, 0.3) is 0 Å². The molecule has 1 saturated heterocycles. The van der Waals surface area contributed by atoms with Crippen molar-refractivity contribution >= 4 is 0 Å². The monoisotopic (exact) mass is 196 g/mol. The molecule has 1 heterocycles. The highest BCUT2D eigenvalue weighted by atomic mass is 16.3. The quantitative estimate of drug-likeness (QED) is 0.676. The number of hydrogen-bond donors (Lipinski definition) is 1. The average molecular weight is 196 g/mol. The molecule has 0 saturated carbocycles. The summed E-state index contributed by atoms with van der Waals surface area (Å²) in [6.07, 6.45) is 3.92. The van der Waals surface area contributed by atoms with Gasteiger partial charge in [-0.1, -0.05) is 6.92 Å². The van der Waals surface area contributed by atoms with Gasteiger partial charge in [-0.3, -0.25) is 4.90 Å². The summed E-state index contributed by atoms with van der Waals surface area (Å²) in [5.74, 6) is 0.621. The third-order valence-corrected chi connectivity index (χ3v) is 3.17. The van der Waals surface area contributed by atoms with Gasteiger partial charge in [0, 0.05) is 12.5 Å². The maximum absolute atomic E-state index is 9.22. The first-order chi connectivity index (χ1) is 6.79. The van der Waals surface area contributed by atoms with E-state index in [1.807, 2.05) is 0 Å². The maximum atomic E-state index is 9.22. The van der Waals surface area contributed by atoms with Gasteiger partial charge >= 0.3 is 0 Å². The molecular formula is C11H20N2O. The molecular weight excluding hydrogens is 176 g/mol. The highest BCUT2D eigenvalue weighted by Crippen LogP contribution is 2.23. The van der Waals surface area contributed by atoms with Gasteiger partial charge in [-0.2, -0.15) is 5.26 Å². The number of nitriles is 1. The second kappa shape index (κ2) is 6.00. The van der Waals surface area contributed by atoms with E-state index in [0.717, 1.165) is 25.9 Å². The van der Waals surface area contributed by atoms with Crippen LogP contribution in [0, 0.1) is 17.2 Å². The Morgan fingerprint density at radius 3 is 2.93 bits per heavy atom. The van der Waals surface area contributed by atoms with Gasteiger partial charge in [-0.05, 0) is 38.3 Å². The van der Waals surface area contributed by atoms with E-state index in [1.54, 1.807) is 0 Å². The third kappa shape index (κ3) is 2.97. The lowest BCUT2D eigenvalue weighted by atomic mass is 10.0. The van der Waals surface area contributed by atoms with Crippen molar-refractivity contribution in [3.63, 3.8) is 0 Å². The van der Waals surface area contributed by atoms with Gasteiger partial charge in [0.15, 0.2) is 0 Å². The van der Waals surface area contributed by atoms with E-state index in [1.165, 1.54) is 6.42 Å². The number of likely N-dealkylation sites (tertiary alicyclic amines) is 1. The lowest BCUT2D eigenvalue weighted by Gasteiger charge is -2.24. The molecule has 0 radical (unpaired) electrons. The van der Waals surface area contributed by atoms with Crippen LogP contribution in [0.3, 0.4) is 0 Å². The Kier molecular flexibility index (Phi) is 4.92. The molecule has 0 aromatic heterocycles. The topological polar surface area (TPSA) is 47.3 Å². The largest absolute Gasteiger partial charge is 0.395 e. The van der Waals surface area contributed by atoms with E-state index < -0.39 is 0 Å². The molecule has 1 rings (SSSR count). The van der Waals surface area contributed by atoms with Crippen molar-refractivity contribution in [3.8, 4) is 6.07 Å². The van der Waals surface area contributed by atoms with Gasteiger partial charge in [0.25, 0.3) is 0 Å². The van der Waals surface area contributed by atoms with Crippen molar-refractivity contribution in [1.29, 1.82) is 5.26 Å². The molecule has 0 bridgehead atoms. The molecule has 1 aliphatic heterocycles. The van der Waals surface area contributed by atoms with Crippen molar-refractivity contribution in [2.24, 2.45) is 5.92 Å². The molecule has 80 valence electrons. The van der Waals surface area contributed by atoms with Crippen LogP contribution in [-0.2, 0) is 0 Å². The summed E-state index contributed by atoms with van der Waals surface area (Å²) in [6.45, 7) is 4.63. The van der Waals surface area contributed by atoms with E-state index in [9.17, 15) is 5.11 Å². The van der Waals surface area contributed by atoms with Crippen LogP contribution in [0.15, 0.2) is 0 Å². The minimum atomic E-state index is 0.277. The van der Waals surface area contributed by atoms with E-state index in [4.69, 9.17) is 5.26 Å². The summed E-state index contributed by atoms with van der Waals surface area (Å²) in [5.41, 5.74) is 0. The lowest BCUT2D eigenvalue weighted by Crippen LogP contribution is -2.35. The highest BCUT2D eigenvalue weighted by molar-refractivity contribution is 4.84. The first-order valence-corrected chi connectivity index (χ1v) is 5.51. The molecule has 3 nitrogen and oxygen atoms in total. The second-order valence-electron chi connectivity index (χ2n) is 4.17. The van der Waals surface area contributed by atoms with Gasteiger partial charge in [-0.15, -0.1) is 0 Å². The zero-order chi connectivity index (χ0) is 10.4. The fourth-order valence-corrected chi connectivity index (χ4v) is 2.18. The summed E-state index contributed by atoms with van der Waals surface area (Å²) in [6, 6.07) is 2.52. The van der Waals surface area contributed by atoms with Crippen molar-refractivity contribution in [2.45, 2.75) is 38.6 Å². The maximum Gasteiger partial charge on any atom is 0.0621 e. The predicted molar refractivity (Wildman–Crippen MR) is 55.7 cm³/mol. The Morgan fingerprint density at radius 2 is 2.29 bits per heavy atom. The molecule has 0 aliphatic carbocycles. The van der Waals surface area contributed by atoms with Crippen LogP contribution < -0.4 is 0 Å². The lowest BCUT2D eigenvalue weighted by molar-refractivity contribution is 0.138. The number of rotatable bonds is 5. The minimum absolute atomic E-state index is 0.277. The van der Waals surface area contributed by atoms with Gasteiger partial charge in [0.05, 0.1) is 12.7 Å². The third-order valence-electron chi connectivity index (χ3n) is 3.17. The Hall–Kier alpha value is -0.590. The van der Waals surface area contributed by atoms with E-state index in [-0.39, 0.29) is 6.61 Å². The zero-order valence-electron chi connectivity index (χ0n) is 8.95. The Balaban J connectivity index is 2.21. The minimum Gasteiger partial charge on any atom is -0.395 e. The number of nitrogens with zero attached hydrogens (tertiary/aromatic N) is 2. The standard InChI is InChI=1S/C11H20N2O/c1-10-5-8-13(11(10)9-14)7-4-2-3-6-12/h10-11,14H,2-5,7-9H2,1H3. The van der Waals surface area contributed by atoms with Crippen LogP contribution >= 0.6 is 0 Å². The first-order valence-electron chi connectivity index (χ1n) is 5.51. The Morgan fingerprint density at radius 1 is 1.50 bits per heavy atom. The van der Waals surface area contributed by atoms with E-state index in [2.05, 4.69) is 17.9 Å². The molecule has 0 amide bonds. The SMILES string of the molecule is CC1CCN(CCCCC#N)C1CO. The molecule has 0 aromatic carbocycles. The van der Waals surface area contributed by atoms with Gasteiger partial charge in [0.1, 0.15) is 0 Å². The van der Waals surface area contributed by atoms with Crippen molar-refractivity contribution in [3.05, 3.63) is 0 Å². The summed E-state index contributed by atoms with van der Waals surface area (Å²) in [5, 5.41) is 17.6. The van der Waals surface area contributed by atoms with Gasteiger partial charge in [0.2, 0.25) is 0 Å². The summed E-state index contributed by atoms with van der Waals surface area (Å²) in [4.78, 5) is 2.36. The average Bonchev–Trinajstić information content (AvgIpc) is 2.54. The number of aliphatic hydroxyl groups is 1. The van der Waals surface area contributed by atoms with Crippen molar-refractivity contribution in [1.82, 2.24) is 4.90 Å².